The molecule has 84 valence electrons. The van der Waals surface area contributed by atoms with E-state index in [9.17, 15) is 4.79 Å². The summed E-state index contributed by atoms with van der Waals surface area (Å²) in [6, 6.07) is 2.84. The molecule has 0 saturated heterocycles. The minimum absolute atomic E-state index is 0. The Hall–Kier alpha value is -1.33. The van der Waals surface area contributed by atoms with Gasteiger partial charge in [-0.2, -0.15) is 0 Å². The Balaban J connectivity index is 0.00000196. The first-order valence-corrected chi connectivity index (χ1v) is 4.11. The smallest absolute Gasteiger partial charge is 0.305 e. The largest absolute Gasteiger partial charge is 0.481 e. The molecule has 15 heavy (non-hydrogen) atoms. The highest BCUT2D eigenvalue weighted by atomic mass is 35.5. The number of nitrogens with zero attached hydrogens (tertiary/aromatic N) is 1. The van der Waals surface area contributed by atoms with E-state index in [0.717, 1.165) is 0 Å². The predicted octanol–water partition coefficient (Wildman–Crippen LogP) is 0.986. The SMILES string of the molecule is COc1ccc([C@H](N)CC(=O)O)cn1.Cl. The number of hydrogen-bond donors (Lipinski definition) is 2. The molecule has 0 aliphatic carbocycles. The van der Waals surface area contributed by atoms with Crippen LogP contribution < -0.4 is 10.5 Å². The van der Waals surface area contributed by atoms with Gasteiger partial charge >= 0.3 is 5.97 Å². The number of nitrogens with two attached hydrogens (primary N) is 1. The van der Waals surface area contributed by atoms with Crippen molar-refractivity contribution in [2.24, 2.45) is 5.73 Å². The summed E-state index contributed by atoms with van der Waals surface area (Å²) in [5.74, 6) is -0.440. The van der Waals surface area contributed by atoms with Crippen molar-refractivity contribution >= 4 is 18.4 Å². The van der Waals surface area contributed by atoms with E-state index >= 15 is 0 Å². The van der Waals surface area contributed by atoms with E-state index in [1.807, 2.05) is 0 Å². The van der Waals surface area contributed by atoms with E-state index in [2.05, 4.69) is 4.98 Å². The van der Waals surface area contributed by atoms with E-state index in [-0.39, 0.29) is 18.8 Å². The van der Waals surface area contributed by atoms with Gasteiger partial charge in [0.25, 0.3) is 0 Å². The van der Waals surface area contributed by atoms with E-state index in [4.69, 9.17) is 15.6 Å². The van der Waals surface area contributed by atoms with Gasteiger partial charge in [0.1, 0.15) is 0 Å². The molecule has 0 fully saturated rings. The van der Waals surface area contributed by atoms with Crippen LogP contribution in [0.2, 0.25) is 0 Å². The Bertz CT molecular complexity index is 316. The van der Waals surface area contributed by atoms with E-state index in [0.29, 0.717) is 11.4 Å². The molecule has 6 heteroatoms. The minimum Gasteiger partial charge on any atom is -0.481 e. The summed E-state index contributed by atoms with van der Waals surface area (Å²) < 4.78 is 4.86. The Labute approximate surface area is 93.7 Å². The van der Waals surface area contributed by atoms with Crippen LogP contribution in [-0.4, -0.2) is 23.2 Å². The molecule has 0 spiro atoms. The fraction of sp³-hybridized carbons (Fsp3) is 0.333. The highest BCUT2D eigenvalue weighted by Crippen LogP contribution is 2.15. The molecule has 1 rings (SSSR count). The molecule has 0 aliphatic rings. The second-order valence-corrected chi connectivity index (χ2v) is 2.84. The number of ether oxygens (including phenoxy) is 1. The van der Waals surface area contributed by atoms with Crippen molar-refractivity contribution < 1.29 is 14.6 Å². The van der Waals surface area contributed by atoms with Crippen LogP contribution in [0.25, 0.3) is 0 Å². The number of rotatable bonds is 4. The van der Waals surface area contributed by atoms with Gasteiger partial charge in [-0.15, -0.1) is 12.4 Å². The number of carboxylic acid groups (broad SMARTS) is 1. The predicted molar refractivity (Wildman–Crippen MR) is 57.2 cm³/mol. The van der Waals surface area contributed by atoms with Crippen LogP contribution in [0.5, 0.6) is 5.88 Å². The summed E-state index contributed by atoms with van der Waals surface area (Å²) in [6.07, 6.45) is 1.42. The average Bonchev–Trinajstić information content (AvgIpc) is 2.17. The fourth-order valence-corrected chi connectivity index (χ4v) is 1.04. The Morgan fingerprint density at radius 3 is 2.73 bits per heavy atom. The van der Waals surface area contributed by atoms with Gasteiger partial charge in [0, 0.05) is 18.3 Å². The number of carbonyl (C=O) groups is 1. The van der Waals surface area contributed by atoms with Crippen molar-refractivity contribution in [3.05, 3.63) is 23.9 Å². The van der Waals surface area contributed by atoms with E-state index in [1.54, 1.807) is 12.1 Å². The van der Waals surface area contributed by atoms with Crippen molar-refractivity contribution in [2.45, 2.75) is 12.5 Å². The fourth-order valence-electron chi connectivity index (χ4n) is 1.04. The first kappa shape index (κ1) is 13.7. The topological polar surface area (TPSA) is 85.4 Å². The highest BCUT2D eigenvalue weighted by Gasteiger charge is 2.10. The average molecular weight is 233 g/mol. The molecule has 1 atom stereocenters. The molecule has 0 bridgehead atoms. The summed E-state index contributed by atoms with van der Waals surface area (Å²) in [5, 5.41) is 8.52. The first-order chi connectivity index (χ1) is 6.63. The van der Waals surface area contributed by atoms with Crippen LogP contribution in [0.15, 0.2) is 18.3 Å². The molecular weight excluding hydrogens is 220 g/mol. The van der Waals surface area contributed by atoms with Crippen LogP contribution in [0.1, 0.15) is 18.0 Å². The maximum atomic E-state index is 10.4. The zero-order valence-electron chi connectivity index (χ0n) is 8.21. The van der Waals surface area contributed by atoms with Crippen molar-refractivity contribution in [1.29, 1.82) is 0 Å². The van der Waals surface area contributed by atoms with Gasteiger partial charge in [-0.25, -0.2) is 4.98 Å². The lowest BCUT2D eigenvalue weighted by Gasteiger charge is -2.08. The summed E-state index contributed by atoms with van der Waals surface area (Å²) in [5.41, 5.74) is 6.31. The van der Waals surface area contributed by atoms with E-state index in [1.165, 1.54) is 13.3 Å². The van der Waals surface area contributed by atoms with Gasteiger partial charge in [0.05, 0.1) is 13.5 Å². The number of methoxy groups -OCH3 is 1. The first-order valence-electron chi connectivity index (χ1n) is 4.11. The quantitative estimate of drug-likeness (QED) is 0.809. The highest BCUT2D eigenvalue weighted by molar-refractivity contribution is 5.85. The number of aliphatic carboxylic acids is 1. The maximum Gasteiger partial charge on any atom is 0.305 e. The zero-order valence-corrected chi connectivity index (χ0v) is 9.03. The van der Waals surface area contributed by atoms with Crippen LogP contribution in [-0.2, 0) is 4.79 Å². The summed E-state index contributed by atoms with van der Waals surface area (Å²) in [7, 11) is 1.51. The van der Waals surface area contributed by atoms with Crippen LogP contribution in [0.4, 0.5) is 0 Å². The molecule has 0 unspecified atom stereocenters. The maximum absolute atomic E-state index is 10.4. The van der Waals surface area contributed by atoms with Gasteiger partial charge in [-0.3, -0.25) is 4.79 Å². The molecule has 0 radical (unpaired) electrons. The zero-order chi connectivity index (χ0) is 10.6. The number of carboxylic acids is 1. The van der Waals surface area contributed by atoms with Crippen LogP contribution in [0, 0.1) is 0 Å². The molecule has 1 aromatic rings. The van der Waals surface area contributed by atoms with Gasteiger partial charge in [0.2, 0.25) is 5.88 Å². The Kier molecular flexibility index (Phi) is 5.66. The van der Waals surface area contributed by atoms with E-state index < -0.39 is 12.0 Å². The van der Waals surface area contributed by atoms with Crippen molar-refractivity contribution in [1.82, 2.24) is 4.98 Å². The molecule has 0 aromatic carbocycles. The molecular formula is C9H13ClN2O3. The summed E-state index contributed by atoms with van der Waals surface area (Å²) in [6.45, 7) is 0. The third kappa shape index (κ3) is 4.14. The lowest BCUT2D eigenvalue weighted by molar-refractivity contribution is -0.137. The second-order valence-electron chi connectivity index (χ2n) is 2.84. The second kappa shape index (κ2) is 6.21. The lowest BCUT2D eigenvalue weighted by Crippen LogP contribution is -2.15. The number of pyridine rings is 1. The molecule has 0 saturated carbocycles. The number of hydrogen-bond acceptors (Lipinski definition) is 4. The normalized spacial score (nSPS) is 11.3. The number of aromatic nitrogens is 1. The van der Waals surface area contributed by atoms with Gasteiger partial charge in [-0.1, -0.05) is 6.07 Å². The molecule has 1 aromatic heterocycles. The molecule has 3 N–H and O–H groups in total. The third-order valence-electron chi connectivity index (χ3n) is 1.79. The Morgan fingerprint density at radius 2 is 2.33 bits per heavy atom. The van der Waals surface area contributed by atoms with Gasteiger partial charge in [-0.05, 0) is 5.56 Å². The molecule has 0 aliphatic heterocycles. The summed E-state index contributed by atoms with van der Waals surface area (Å²) in [4.78, 5) is 14.3. The van der Waals surface area contributed by atoms with Crippen LogP contribution >= 0.6 is 12.4 Å². The molecule has 0 amide bonds. The lowest BCUT2D eigenvalue weighted by atomic mass is 10.1. The summed E-state index contributed by atoms with van der Waals surface area (Å²) >= 11 is 0. The molecule has 5 nitrogen and oxygen atoms in total. The van der Waals surface area contributed by atoms with Gasteiger partial charge in [0.15, 0.2) is 0 Å². The minimum atomic E-state index is -0.923. The molecule has 1 heterocycles. The van der Waals surface area contributed by atoms with Crippen molar-refractivity contribution in [2.75, 3.05) is 7.11 Å². The van der Waals surface area contributed by atoms with Gasteiger partial charge < -0.3 is 15.6 Å². The van der Waals surface area contributed by atoms with Crippen LogP contribution in [0.3, 0.4) is 0 Å². The monoisotopic (exact) mass is 232 g/mol. The standard InChI is InChI=1S/C9H12N2O3.ClH/c1-14-8-3-2-6(5-11-8)7(10)4-9(12)13;/h2-3,5,7H,4,10H2,1H3,(H,12,13);1H/t7-;/m1./s1. The number of halogens is 1. The van der Waals surface area contributed by atoms with Crippen molar-refractivity contribution in [3.8, 4) is 5.88 Å². The Morgan fingerprint density at radius 1 is 1.67 bits per heavy atom. The van der Waals surface area contributed by atoms with Crippen molar-refractivity contribution in [3.63, 3.8) is 0 Å². The third-order valence-corrected chi connectivity index (χ3v) is 1.79.